The average Bonchev–Trinajstić information content (AvgIpc) is 2.25. The van der Waals surface area contributed by atoms with Crippen molar-refractivity contribution in [3.63, 3.8) is 0 Å². The van der Waals surface area contributed by atoms with Gasteiger partial charge in [-0.05, 0) is 31.1 Å². The predicted octanol–water partition coefficient (Wildman–Crippen LogP) is 1.54. The molecule has 0 amide bonds. The summed E-state index contributed by atoms with van der Waals surface area (Å²) in [6, 6.07) is 0. The summed E-state index contributed by atoms with van der Waals surface area (Å²) in [5, 5.41) is 9.47. The quantitative estimate of drug-likeness (QED) is 0.576. The van der Waals surface area contributed by atoms with E-state index >= 15 is 0 Å². The molecule has 2 aliphatic carbocycles. The molecule has 52 valence electrons. The molecule has 2 aliphatic rings. The normalized spacial score (nSPS) is 56.7. The molecule has 0 spiro atoms. The van der Waals surface area contributed by atoms with Crippen LogP contribution in [0.2, 0.25) is 0 Å². The third-order valence-electron chi connectivity index (χ3n) is 2.78. The number of rotatable bonds is 0. The Morgan fingerprint density at radius 1 is 1.33 bits per heavy atom. The van der Waals surface area contributed by atoms with E-state index < -0.39 is 0 Å². The molecule has 4 atom stereocenters. The first-order chi connectivity index (χ1) is 4.29. The van der Waals surface area contributed by atoms with Crippen LogP contribution >= 0.6 is 15.9 Å². The Bertz CT molecular complexity index is 126. The average molecular weight is 191 g/mol. The Morgan fingerprint density at radius 3 is 2.33 bits per heavy atom. The fourth-order valence-electron chi connectivity index (χ4n) is 2.21. The zero-order valence-electron chi connectivity index (χ0n) is 5.26. The minimum atomic E-state index is 0.0226. The highest BCUT2D eigenvalue weighted by molar-refractivity contribution is 9.09. The van der Waals surface area contributed by atoms with Crippen molar-refractivity contribution >= 4 is 15.9 Å². The van der Waals surface area contributed by atoms with Gasteiger partial charge in [-0.25, -0.2) is 0 Å². The van der Waals surface area contributed by atoms with Gasteiger partial charge in [-0.2, -0.15) is 0 Å². The van der Waals surface area contributed by atoms with Gasteiger partial charge in [0.2, 0.25) is 0 Å². The molecular weight excluding hydrogens is 180 g/mol. The van der Waals surface area contributed by atoms with Crippen LogP contribution in [0.5, 0.6) is 0 Å². The first-order valence-corrected chi connectivity index (χ1v) is 4.53. The molecule has 0 radical (unpaired) electrons. The lowest BCUT2D eigenvalue weighted by atomic mass is 10.0. The molecule has 0 aliphatic heterocycles. The van der Waals surface area contributed by atoms with Gasteiger partial charge in [-0.1, -0.05) is 15.9 Å². The zero-order valence-corrected chi connectivity index (χ0v) is 6.84. The Balaban J connectivity index is 2.16. The van der Waals surface area contributed by atoms with E-state index in [0.29, 0.717) is 16.7 Å². The van der Waals surface area contributed by atoms with Crippen LogP contribution in [0.3, 0.4) is 0 Å². The maximum atomic E-state index is 9.47. The van der Waals surface area contributed by atoms with Gasteiger partial charge in [-0.3, -0.25) is 0 Å². The topological polar surface area (TPSA) is 20.2 Å². The van der Waals surface area contributed by atoms with Crippen LogP contribution in [0.25, 0.3) is 0 Å². The fraction of sp³-hybridized carbons (Fsp3) is 1.00. The highest BCUT2D eigenvalue weighted by atomic mass is 79.9. The number of halogens is 1. The van der Waals surface area contributed by atoms with Gasteiger partial charge in [0, 0.05) is 4.83 Å². The van der Waals surface area contributed by atoms with Crippen LogP contribution in [0.4, 0.5) is 0 Å². The monoisotopic (exact) mass is 190 g/mol. The number of aliphatic hydroxyl groups excluding tert-OH is 1. The van der Waals surface area contributed by atoms with Gasteiger partial charge < -0.3 is 5.11 Å². The van der Waals surface area contributed by atoms with E-state index in [1.807, 2.05) is 0 Å². The number of hydrogen-bond donors (Lipinski definition) is 1. The van der Waals surface area contributed by atoms with E-state index in [1.54, 1.807) is 0 Å². The van der Waals surface area contributed by atoms with E-state index in [-0.39, 0.29) is 6.10 Å². The molecule has 0 heterocycles. The number of hydrogen-bond acceptors (Lipinski definition) is 1. The maximum absolute atomic E-state index is 9.47. The molecule has 2 fully saturated rings. The Labute approximate surface area is 63.6 Å². The Hall–Kier alpha value is 0.440. The molecule has 0 aromatic carbocycles. The van der Waals surface area contributed by atoms with Crippen LogP contribution in [0.15, 0.2) is 0 Å². The van der Waals surface area contributed by atoms with Gasteiger partial charge in [0.05, 0.1) is 6.10 Å². The SMILES string of the molecule is O[C@H]1[C@H]2CC[C@@H]1[C@@H](Br)C2. The highest BCUT2D eigenvalue weighted by Gasteiger charge is 2.45. The lowest BCUT2D eigenvalue weighted by Gasteiger charge is -2.13. The largest absolute Gasteiger partial charge is 0.393 e. The molecule has 0 saturated heterocycles. The van der Waals surface area contributed by atoms with Gasteiger partial charge in [0.1, 0.15) is 0 Å². The van der Waals surface area contributed by atoms with Crippen LogP contribution in [0.1, 0.15) is 19.3 Å². The molecule has 1 nitrogen and oxygen atoms in total. The minimum Gasteiger partial charge on any atom is -0.393 e. The van der Waals surface area contributed by atoms with Gasteiger partial charge >= 0.3 is 0 Å². The molecule has 0 unspecified atom stereocenters. The molecule has 2 rings (SSSR count). The summed E-state index contributed by atoms with van der Waals surface area (Å²) < 4.78 is 0. The van der Waals surface area contributed by atoms with E-state index in [9.17, 15) is 5.11 Å². The second kappa shape index (κ2) is 1.96. The summed E-state index contributed by atoms with van der Waals surface area (Å²) in [4.78, 5) is 0.617. The van der Waals surface area contributed by atoms with Crippen LogP contribution in [0, 0.1) is 11.8 Å². The van der Waals surface area contributed by atoms with Crippen molar-refractivity contribution in [2.24, 2.45) is 11.8 Å². The molecule has 0 aromatic heterocycles. The molecule has 9 heavy (non-hydrogen) atoms. The number of alkyl halides is 1. The molecule has 2 heteroatoms. The molecule has 2 saturated carbocycles. The molecule has 2 bridgehead atoms. The summed E-state index contributed by atoms with van der Waals surface area (Å²) in [5.74, 6) is 1.20. The van der Waals surface area contributed by atoms with Gasteiger partial charge in [0.15, 0.2) is 0 Å². The third kappa shape index (κ3) is 0.761. The summed E-state index contributed by atoms with van der Waals surface area (Å²) >= 11 is 3.58. The minimum absolute atomic E-state index is 0.0226. The van der Waals surface area contributed by atoms with Gasteiger partial charge in [0.25, 0.3) is 0 Å². The number of aliphatic hydroxyl groups is 1. The van der Waals surface area contributed by atoms with Gasteiger partial charge in [-0.15, -0.1) is 0 Å². The lowest BCUT2D eigenvalue weighted by Crippen LogP contribution is -2.14. The Morgan fingerprint density at radius 2 is 2.11 bits per heavy atom. The van der Waals surface area contributed by atoms with E-state index in [1.165, 1.54) is 19.3 Å². The molecule has 1 N–H and O–H groups in total. The van der Waals surface area contributed by atoms with Crippen molar-refractivity contribution in [3.05, 3.63) is 0 Å². The number of fused-ring (bicyclic) bond motifs is 2. The summed E-state index contributed by atoms with van der Waals surface area (Å²) in [5.41, 5.74) is 0. The third-order valence-corrected chi connectivity index (χ3v) is 3.84. The standard InChI is InChI=1S/C7H11BrO/c8-6-3-4-1-2-5(6)7(4)9/h4-7,9H,1-3H2/t4-,5+,6-,7-/m0/s1. The van der Waals surface area contributed by atoms with Crippen LogP contribution < -0.4 is 0 Å². The maximum Gasteiger partial charge on any atom is 0.0607 e. The Kier molecular flexibility index (Phi) is 1.34. The highest BCUT2D eigenvalue weighted by Crippen LogP contribution is 2.47. The van der Waals surface area contributed by atoms with E-state index in [0.717, 1.165) is 0 Å². The molecule has 0 aromatic rings. The van der Waals surface area contributed by atoms with Crippen molar-refractivity contribution in [2.75, 3.05) is 0 Å². The zero-order chi connectivity index (χ0) is 6.43. The summed E-state index contributed by atoms with van der Waals surface area (Å²) in [6.07, 6.45) is 3.72. The van der Waals surface area contributed by atoms with Crippen molar-refractivity contribution in [2.45, 2.75) is 30.2 Å². The van der Waals surface area contributed by atoms with Crippen LogP contribution in [-0.4, -0.2) is 16.0 Å². The predicted molar refractivity (Wildman–Crippen MR) is 39.6 cm³/mol. The lowest BCUT2D eigenvalue weighted by molar-refractivity contribution is 0.129. The van der Waals surface area contributed by atoms with E-state index in [2.05, 4.69) is 15.9 Å². The summed E-state index contributed by atoms with van der Waals surface area (Å²) in [6.45, 7) is 0. The van der Waals surface area contributed by atoms with Crippen molar-refractivity contribution in [1.82, 2.24) is 0 Å². The second-order valence-corrected chi connectivity index (χ2v) is 4.42. The van der Waals surface area contributed by atoms with Crippen molar-refractivity contribution in [3.8, 4) is 0 Å². The summed E-state index contributed by atoms with van der Waals surface area (Å²) in [7, 11) is 0. The van der Waals surface area contributed by atoms with Crippen molar-refractivity contribution < 1.29 is 5.11 Å². The fourth-order valence-corrected chi connectivity index (χ4v) is 3.27. The smallest absolute Gasteiger partial charge is 0.0607 e. The molecular formula is C7H11BrO. The van der Waals surface area contributed by atoms with Crippen molar-refractivity contribution in [1.29, 1.82) is 0 Å². The van der Waals surface area contributed by atoms with Crippen LogP contribution in [-0.2, 0) is 0 Å². The first kappa shape index (κ1) is 6.17. The first-order valence-electron chi connectivity index (χ1n) is 3.61. The second-order valence-electron chi connectivity index (χ2n) is 3.24. The van der Waals surface area contributed by atoms with E-state index in [4.69, 9.17) is 0 Å².